The van der Waals surface area contributed by atoms with Crippen molar-refractivity contribution in [2.45, 2.75) is 51.5 Å². The molecule has 1 fully saturated rings. The highest BCUT2D eigenvalue weighted by Gasteiger charge is 2.23. The van der Waals surface area contributed by atoms with Crippen LogP contribution in [0.5, 0.6) is 0 Å². The molecule has 0 amide bonds. The summed E-state index contributed by atoms with van der Waals surface area (Å²) in [7, 11) is 0. The fraction of sp³-hybridized carbons (Fsp3) is 0.647. The summed E-state index contributed by atoms with van der Waals surface area (Å²) >= 11 is 0. The van der Waals surface area contributed by atoms with Crippen molar-refractivity contribution in [2.75, 3.05) is 19.6 Å². The molecule has 1 unspecified atom stereocenters. The zero-order chi connectivity index (χ0) is 13.9. The Morgan fingerprint density at radius 3 is 2.16 bits per heavy atom. The summed E-state index contributed by atoms with van der Waals surface area (Å²) in [6.45, 7) is 10.0. The van der Waals surface area contributed by atoms with Crippen LogP contribution in [-0.4, -0.2) is 24.5 Å². The third-order valence-corrected chi connectivity index (χ3v) is 4.18. The third kappa shape index (κ3) is 3.58. The molecule has 2 heteroatoms. The van der Waals surface area contributed by atoms with Gasteiger partial charge >= 0.3 is 0 Å². The Morgan fingerprint density at radius 2 is 1.68 bits per heavy atom. The lowest BCUT2D eigenvalue weighted by Crippen LogP contribution is -2.27. The summed E-state index contributed by atoms with van der Waals surface area (Å²) in [5.74, 6) is 0. The maximum atomic E-state index is 5.81. The summed E-state index contributed by atoms with van der Waals surface area (Å²) in [5, 5.41) is 0. The fourth-order valence-corrected chi connectivity index (χ4v) is 2.98. The lowest BCUT2D eigenvalue weighted by molar-refractivity contribution is 0.236. The molecule has 1 aromatic rings. The largest absolute Gasteiger partial charge is 0.330 e. The van der Waals surface area contributed by atoms with Gasteiger partial charge in [-0.2, -0.15) is 0 Å². The van der Waals surface area contributed by atoms with Crippen LogP contribution >= 0.6 is 0 Å². The van der Waals surface area contributed by atoms with Crippen molar-refractivity contribution in [3.8, 4) is 0 Å². The fourth-order valence-electron chi connectivity index (χ4n) is 2.98. The molecule has 2 nitrogen and oxygen atoms in total. The first-order valence-corrected chi connectivity index (χ1v) is 7.57. The van der Waals surface area contributed by atoms with Gasteiger partial charge in [0.15, 0.2) is 0 Å². The molecule has 0 aliphatic carbocycles. The number of hydrogen-bond donors (Lipinski definition) is 1. The first-order chi connectivity index (χ1) is 9.02. The number of nitrogens with zero attached hydrogens (tertiary/aromatic N) is 1. The zero-order valence-corrected chi connectivity index (χ0v) is 12.7. The normalized spacial score (nSPS) is 18.7. The highest BCUT2D eigenvalue weighted by molar-refractivity contribution is 5.29. The Hall–Kier alpha value is -0.860. The van der Waals surface area contributed by atoms with Gasteiger partial charge in [-0.3, -0.25) is 4.90 Å². The van der Waals surface area contributed by atoms with Crippen molar-refractivity contribution in [2.24, 2.45) is 5.73 Å². The summed E-state index contributed by atoms with van der Waals surface area (Å²) in [4.78, 5) is 2.60. The Bertz CT molecular complexity index is 383. The maximum absolute atomic E-state index is 5.81. The van der Waals surface area contributed by atoms with E-state index in [0.717, 1.165) is 13.0 Å². The van der Waals surface area contributed by atoms with E-state index in [1.807, 2.05) is 0 Å². The Kier molecular flexibility index (Phi) is 4.64. The van der Waals surface area contributed by atoms with Crippen molar-refractivity contribution in [3.63, 3.8) is 0 Å². The molecule has 1 atom stereocenters. The van der Waals surface area contributed by atoms with Gasteiger partial charge in [-0.05, 0) is 55.4 Å². The van der Waals surface area contributed by atoms with Crippen LogP contribution in [0.2, 0.25) is 0 Å². The monoisotopic (exact) mass is 260 g/mol. The van der Waals surface area contributed by atoms with Crippen LogP contribution in [-0.2, 0) is 5.41 Å². The van der Waals surface area contributed by atoms with Crippen LogP contribution in [0.1, 0.15) is 57.2 Å². The minimum absolute atomic E-state index is 0.232. The highest BCUT2D eigenvalue weighted by atomic mass is 15.2. The van der Waals surface area contributed by atoms with Gasteiger partial charge in [0.1, 0.15) is 0 Å². The molecule has 0 bridgehead atoms. The lowest BCUT2D eigenvalue weighted by atomic mass is 9.86. The molecule has 0 radical (unpaired) electrons. The Labute approximate surface area is 118 Å². The molecular weight excluding hydrogens is 232 g/mol. The zero-order valence-electron chi connectivity index (χ0n) is 12.7. The van der Waals surface area contributed by atoms with E-state index in [2.05, 4.69) is 49.9 Å². The van der Waals surface area contributed by atoms with Gasteiger partial charge in [-0.25, -0.2) is 0 Å². The average Bonchev–Trinajstić information content (AvgIpc) is 2.89. The molecule has 0 aromatic heterocycles. The van der Waals surface area contributed by atoms with Crippen LogP contribution in [0.15, 0.2) is 24.3 Å². The molecule has 1 saturated heterocycles. The third-order valence-electron chi connectivity index (χ3n) is 4.18. The first-order valence-electron chi connectivity index (χ1n) is 7.57. The highest BCUT2D eigenvalue weighted by Crippen LogP contribution is 2.30. The molecule has 1 heterocycles. The number of nitrogens with two attached hydrogens (primary N) is 1. The Morgan fingerprint density at radius 1 is 1.11 bits per heavy atom. The van der Waals surface area contributed by atoms with Crippen molar-refractivity contribution in [1.82, 2.24) is 4.90 Å². The second-order valence-electron chi connectivity index (χ2n) is 6.71. The van der Waals surface area contributed by atoms with Crippen LogP contribution in [0.25, 0.3) is 0 Å². The van der Waals surface area contributed by atoms with Gasteiger partial charge in [0.05, 0.1) is 0 Å². The minimum Gasteiger partial charge on any atom is -0.330 e. The van der Waals surface area contributed by atoms with E-state index in [1.54, 1.807) is 0 Å². The van der Waals surface area contributed by atoms with Crippen LogP contribution in [0, 0.1) is 0 Å². The molecule has 0 spiro atoms. The number of likely N-dealkylation sites (tertiary alicyclic amines) is 1. The van der Waals surface area contributed by atoms with Crippen molar-refractivity contribution < 1.29 is 0 Å². The van der Waals surface area contributed by atoms with Gasteiger partial charge in [0.25, 0.3) is 0 Å². The number of rotatable bonds is 4. The van der Waals surface area contributed by atoms with Crippen LogP contribution in [0.4, 0.5) is 0 Å². The van der Waals surface area contributed by atoms with E-state index in [1.165, 1.54) is 37.1 Å². The summed E-state index contributed by atoms with van der Waals surface area (Å²) < 4.78 is 0. The van der Waals surface area contributed by atoms with Crippen LogP contribution in [0.3, 0.4) is 0 Å². The summed E-state index contributed by atoms with van der Waals surface area (Å²) in [5.41, 5.74) is 8.88. The topological polar surface area (TPSA) is 29.3 Å². The average molecular weight is 260 g/mol. The van der Waals surface area contributed by atoms with Crippen molar-refractivity contribution in [1.29, 1.82) is 0 Å². The maximum Gasteiger partial charge on any atom is 0.0360 e. The van der Waals surface area contributed by atoms with Gasteiger partial charge in [-0.15, -0.1) is 0 Å². The smallest absolute Gasteiger partial charge is 0.0360 e. The molecule has 2 N–H and O–H groups in total. The predicted octanol–water partition coefficient (Wildman–Crippen LogP) is 3.47. The van der Waals surface area contributed by atoms with E-state index in [9.17, 15) is 0 Å². The Balaban J connectivity index is 2.17. The SMILES string of the molecule is CC(C)(C)c1ccc(C(CCN)N2CCCC2)cc1. The number of hydrogen-bond acceptors (Lipinski definition) is 2. The standard InChI is InChI=1S/C17H28N2/c1-17(2,3)15-8-6-14(7-9-15)16(10-11-18)19-12-4-5-13-19/h6-9,16H,4-5,10-13,18H2,1-3H3. The summed E-state index contributed by atoms with van der Waals surface area (Å²) in [6, 6.07) is 9.70. The van der Waals surface area contributed by atoms with E-state index in [-0.39, 0.29) is 5.41 Å². The first kappa shape index (κ1) is 14.5. The van der Waals surface area contributed by atoms with E-state index < -0.39 is 0 Å². The molecule has 0 saturated carbocycles. The molecule has 2 rings (SSSR count). The van der Waals surface area contributed by atoms with Crippen molar-refractivity contribution in [3.05, 3.63) is 35.4 Å². The molecule has 1 aliphatic heterocycles. The molecule has 19 heavy (non-hydrogen) atoms. The van der Waals surface area contributed by atoms with E-state index in [4.69, 9.17) is 5.73 Å². The van der Waals surface area contributed by atoms with Gasteiger partial charge < -0.3 is 5.73 Å². The van der Waals surface area contributed by atoms with Gasteiger partial charge in [0, 0.05) is 6.04 Å². The second-order valence-corrected chi connectivity index (χ2v) is 6.71. The van der Waals surface area contributed by atoms with Crippen LogP contribution < -0.4 is 5.73 Å². The van der Waals surface area contributed by atoms with Gasteiger partial charge in [-0.1, -0.05) is 45.0 Å². The number of benzene rings is 1. The predicted molar refractivity (Wildman–Crippen MR) is 82.4 cm³/mol. The molecular formula is C17H28N2. The summed E-state index contributed by atoms with van der Waals surface area (Å²) in [6.07, 6.45) is 3.73. The van der Waals surface area contributed by atoms with Crippen molar-refractivity contribution >= 4 is 0 Å². The second kappa shape index (κ2) is 6.06. The lowest BCUT2D eigenvalue weighted by Gasteiger charge is -2.28. The van der Waals surface area contributed by atoms with Gasteiger partial charge in [0.2, 0.25) is 0 Å². The molecule has 106 valence electrons. The molecule has 1 aromatic carbocycles. The minimum atomic E-state index is 0.232. The quantitative estimate of drug-likeness (QED) is 0.898. The van der Waals surface area contributed by atoms with E-state index in [0.29, 0.717) is 6.04 Å². The molecule has 1 aliphatic rings. The van der Waals surface area contributed by atoms with E-state index >= 15 is 0 Å².